The van der Waals surface area contributed by atoms with E-state index in [1.165, 1.54) is 4.90 Å². The van der Waals surface area contributed by atoms with E-state index in [1.54, 1.807) is 56.0 Å². The molecule has 1 saturated heterocycles. The highest BCUT2D eigenvalue weighted by molar-refractivity contribution is 6.46. The molecule has 1 atom stereocenters. The summed E-state index contributed by atoms with van der Waals surface area (Å²) in [4.78, 5) is 32.5. The molecule has 9 nitrogen and oxygen atoms in total. The lowest BCUT2D eigenvalue weighted by Crippen LogP contribution is -2.31. The third-order valence-electron chi connectivity index (χ3n) is 7.00. The molecule has 1 aliphatic heterocycles. The number of ether oxygens (including phenoxy) is 3. The molecule has 0 spiro atoms. The summed E-state index contributed by atoms with van der Waals surface area (Å²) in [6, 6.07) is 11.5. The maximum atomic E-state index is 13.5. The quantitative estimate of drug-likeness (QED) is 0.109. The first-order valence-electron chi connectivity index (χ1n) is 14.3. The van der Waals surface area contributed by atoms with Gasteiger partial charge in [0.05, 0.1) is 38.3 Å². The van der Waals surface area contributed by atoms with Crippen molar-refractivity contribution in [1.29, 1.82) is 0 Å². The number of carbonyl (C=O) groups is 2. The van der Waals surface area contributed by atoms with Crippen molar-refractivity contribution < 1.29 is 28.9 Å². The van der Waals surface area contributed by atoms with Crippen molar-refractivity contribution in [2.45, 2.75) is 58.5 Å². The molecule has 0 aliphatic carbocycles. The summed E-state index contributed by atoms with van der Waals surface area (Å²) in [5.74, 6) is 0.0379. The summed E-state index contributed by atoms with van der Waals surface area (Å²) >= 11 is 0. The molecule has 3 aromatic rings. The largest absolute Gasteiger partial charge is 0.507 e. The number of nitrogens with zero attached hydrogens (tertiary/aromatic N) is 3. The third-order valence-corrected chi connectivity index (χ3v) is 7.00. The lowest BCUT2D eigenvalue weighted by Gasteiger charge is -2.26. The second-order valence-electron chi connectivity index (χ2n) is 9.99. The highest BCUT2D eigenvalue weighted by Crippen LogP contribution is 2.42. The van der Waals surface area contributed by atoms with Gasteiger partial charge in [-0.25, -0.2) is 4.98 Å². The van der Waals surface area contributed by atoms with E-state index in [9.17, 15) is 14.7 Å². The van der Waals surface area contributed by atoms with Gasteiger partial charge in [-0.1, -0.05) is 44.9 Å². The average Bonchev–Trinajstić information content (AvgIpc) is 3.60. The van der Waals surface area contributed by atoms with Gasteiger partial charge < -0.3 is 28.8 Å². The number of aryl methyl sites for hydroxylation is 1. The fourth-order valence-electron chi connectivity index (χ4n) is 4.92. The molecule has 4 rings (SSSR count). The Balaban J connectivity index is 1.72. The molecule has 0 radical (unpaired) electrons. The molecule has 9 heteroatoms. The molecule has 1 unspecified atom stereocenters. The number of hydrogen-bond donors (Lipinski definition) is 1. The molecule has 0 saturated carbocycles. The van der Waals surface area contributed by atoms with Crippen LogP contribution in [0.4, 0.5) is 0 Å². The van der Waals surface area contributed by atoms with Gasteiger partial charge in [0.15, 0.2) is 11.5 Å². The molecule has 1 aromatic heterocycles. The Morgan fingerprint density at radius 2 is 1.80 bits per heavy atom. The van der Waals surface area contributed by atoms with Crippen molar-refractivity contribution in [1.82, 2.24) is 14.5 Å². The number of ketones is 1. The van der Waals surface area contributed by atoms with Crippen molar-refractivity contribution in [2.24, 2.45) is 0 Å². The summed E-state index contributed by atoms with van der Waals surface area (Å²) in [7, 11) is 1.56. The minimum atomic E-state index is -0.805. The first kappa shape index (κ1) is 29.7. The van der Waals surface area contributed by atoms with Crippen molar-refractivity contribution in [3.63, 3.8) is 0 Å². The van der Waals surface area contributed by atoms with E-state index >= 15 is 0 Å². The van der Waals surface area contributed by atoms with Crippen molar-refractivity contribution in [3.05, 3.63) is 77.9 Å². The molecule has 41 heavy (non-hydrogen) atoms. The molecule has 1 amide bonds. The maximum Gasteiger partial charge on any atom is 0.295 e. The van der Waals surface area contributed by atoms with Crippen LogP contribution in [0.15, 0.2) is 66.8 Å². The number of hydrogen-bond acceptors (Lipinski definition) is 7. The lowest BCUT2D eigenvalue weighted by atomic mass is 9.95. The second kappa shape index (κ2) is 14.4. The van der Waals surface area contributed by atoms with Crippen LogP contribution in [0.5, 0.6) is 17.2 Å². The van der Waals surface area contributed by atoms with Crippen LogP contribution in [0.3, 0.4) is 0 Å². The Hall–Kier alpha value is -4.27. The molecule has 0 bridgehead atoms. The number of aliphatic hydroxyl groups excluding tert-OH is 1. The van der Waals surface area contributed by atoms with Crippen LogP contribution < -0.4 is 14.2 Å². The van der Waals surface area contributed by atoms with Crippen LogP contribution in [-0.2, 0) is 16.1 Å². The van der Waals surface area contributed by atoms with Crippen molar-refractivity contribution in [2.75, 3.05) is 26.9 Å². The van der Waals surface area contributed by atoms with Gasteiger partial charge in [-0.3, -0.25) is 9.59 Å². The lowest BCUT2D eigenvalue weighted by molar-refractivity contribution is -0.139. The number of methoxy groups -OCH3 is 1. The Kier molecular flexibility index (Phi) is 10.4. The number of rotatable bonds is 15. The van der Waals surface area contributed by atoms with Gasteiger partial charge in [-0.15, -0.1) is 0 Å². The Morgan fingerprint density at radius 3 is 2.54 bits per heavy atom. The fourth-order valence-corrected chi connectivity index (χ4v) is 4.92. The van der Waals surface area contributed by atoms with Gasteiger partial charge in [0.2, 0.25) is 0 Å². The molecule has 218 valence electrons. The number of Topliss-reactive ketones (excluding diaryl/α,β-unsaturated/α-hetero) is 1. The van der Waals surface area contributed by atoms with Gasteiger partial charge in [0.25, 0.3) is 11.7 Å². The summed E-state index contributed by atoms with van der Waals surface area (Å²) in [6.07, 6.45) is 9.77. The van der Waals surface area contributed by atoms with E-state index in [0.717, 1.165) is 25.7 Å². The standard InChI is InChI=1S/C32H39N3O6/c1-4-6-7-19-41-26-13-12-23(21-27(26)39-3)29-28(30(36)24-10-8-11-25(20-24)40-18-5-2)31(37)32(38)35(29)16-9-15-34-17-14-33-22-34/h8,10-14,17,20-22,29,36H,4-7,9,15-16,18-19H2,1-3H3. The van der Waals surface area contributed by atoms with E-state index in [1.807, 2.05) is 23.8 Å². The normalized spacial score (nSPS) is 16.3. The second-order valence-corrected chi connectivity index (χ2v) is 9.99. The van der Waals surface area contributed by atoms with Gasteiger partial charge in [0.1, 0.15) is 11.5 Å². The first-order chi connectivity index (χ1) is 20.0. The van der Waals surface area contributed by atoms with Crippen LogP contribution in [0.1, 0.15) is 63.1 Å². The van der Waals surface area contributed by atoms with Crippen LogP contribution in [0.2, 0.25) is 0 Å². The fraction of sp³-hybridized carbons (Fsp3) is 0.406. The van der Waals surface area contributed by atoms with Gasteiger partial charge in [0, 0.05) is 31.0 Å². The van der Waals surface area contributed by atoms with E-state index in [4.69, 9.17) is 14.2 Å². The molecular formula is C32H39N3O6. The molecule has 1 N–H and O–H groups in total. The summed E-state index contributed by atoms with van der Waals surface area (Å²) in [6.45, 7) is 6.16. The van der Waals surface area contributed by atoms with E-state index in [2.05, 4.69) is 11.9 Å². The van der Waals surface area contributed by atoms with E-state index in [0.29, 0.717) is 61.1 Å². The van der Waals surface area contributed by atoms with E-state index < -0.39 is 17.7 Å². The summed E-state index contributed by atoms with van der Waals surface area (Å²) in [5, 5.41) is 11.5. The van der Waals surface area contributed by atoms with Gasteiger partial charge in [-0.05, 0) is 49.1 Å². The Morgan fingerprint density at radius 1 is 0.951 bits per heavy atom. The van der Waals surface area contributed by atoms with Gasteiger partial charge >= 0.3 is 0 Å². The number of aliphatic hydroxyl groups is 1. The number of imidazole rings is 1. The van der Waals surface area contributed by atoms with Crippen LogP contribution in [0.25, 0.3) is 5.76 Å². The number of carbonyl (C=O) groups excluding carboxylic acids is 2. The smallest absolute Gasteiger partial charge is 0.295 e. The molecule has 1 fully saturated rings. The third kappa shape index (κ3) is 7.09. The number of amides is 1. The molecule has 2 aromatic carbocycles. The topological polar surface area (TPSA) is 103 Å². The number of likely N-dealkylation sites (tertiary alicyclic amines) is 1. The van der Waals surface area contributed by atoms with Crippen LogP contribution >= 0.6 is 0 Å². The first-order valence-corrected chi connectivity index (χ1v) is 14.3. The van der Waals surface area contributed by atoms with E-state index in [-0.39, 0.29) is 11.3 Å². The van der Waals surface area contributed by atoms with Crippen molar-refractivity contribution in [3.8, 4) is 17.2 Å². The number of benzene rings is 2. The van der Waals surface area contributed by atoms with Crippen LogP contribution in [-0.4, -0.2) is 58.1 Å². The van der Waals surface area contributed by atoms with Crippen molar-refractivity contribution >= 4 is 17.4 Å². The summed E-state index contributed by atoms with van der Waals surface area (Å²) in [5.41, 5.74) is 1.08. The Bertz CT molecular complexity index is 1350. The average molecular weight is 562 g/mol. The monoisotopic (exact) mass is 561 g/mol. The predicted molar refractivity (Wildman–Crippen MR) is 156 cm³/mol. The molecule has 1 aliphatic rings. The zero-order valence-electron chi connectivity index (χ0n) is 24.0. The highest BCUT2D eigenvalue weighted by atomic mass is 16.5. The number of unbranched alkanes of at least 4 members (excludes halogenated alkanes) is 2. The molecule has 2 heterocycles. The minimum Gasteiger partial charge on any atom is -0.507 e. The zero-order valence-corrected chi connectivity index (χ0v) is 24.0. The van der Waals surface area contributed by atoms with Crippen LogP contribution in [0, 0.1) is 0 Å². The Labute approximate surface area is 241 Å². The SMILES string of the molecule is CCCCCOc1ccc(C2C(=C(O)c3cccc(OCCC)c3)C(=O)C(=O)N2CCCn2ccnc2)cc1OC. The molecular weight excluding hydrogens is 522 g/mol. The summed E-state index contributed by atoms with van der Waals surface area (Å²) < 4.78 is 19.2. The highest BCUT2D eigenvalue weighted by Gasteiger charge is 2.46. The predicted octanol–water partition coefficient (Wildman–Crippen LogP) is 5.76. The van der Waals surface area contributed by atoms with Gasteiger partial charge in [-0.2, -0.15) is 0 Å². The minimum absolute atomic E-state index is 0.0314. The zero-order chi connectivity index (χ0) is 29.2. The maximum absolute atomic E-state index is 13.5. The number of aromatic nitrogens is 2.